The maximum Gasteiger partial charge on any atom is 0.0687 e. The van der Waals surface area contributed by atoms with Gasteiger partial charge in [0.15, 0.2) is 0 Å². The van der Waals surface area contributed by atoms with E-state index >= 15 is 0 Å². The first-order valence-electron chi connectivity index (χ1n) is 5.55. The summed E-state index contributed by atoms with van der Waals surface area (Å²) in [4.78, 5) is 0. The van der Waals surface area contributed by atoms with Crippen LogP contribution in [0.2, 0.25) is 0 Å². The molecular formula is C15H12OS. The van der Waals surface area contributed by atoms with E-state index in [-0.39, 0.29) is 6.61 Å². The third-order valence-corrected chi connectivity index (χ3v) is 3.92. The first-order chi connectivity index (χ1) is 8.40. The van der Waals surface area contributed by atoms with Crippen molar-refractivity contribution in [3.8, 4) is 11.1 Å². The van der Waals surface area contributed by atoms with Crippen LogP contribution < -0.4 is 0 Å². The van der Waals surface area contributed by atoms with E-state index < -0.39 is 0 Å². The molecule has 0 spiro atoms. The van der Waals surface area contributed by atoms with Crippen molar-refractivity contribution in [1.29, 1.82) is 0 Å². The smallest absolute Gasteiger partial charge is 0.0687 e. The molecule has 0 aliphatic heterocycles. The van der Waals surface area contributed by atoms with Gasteiger partial charge in [-0.2, -0.15) is 0 Å². The van der Waals surface area contributed by atoms with Crippen LogP contribution in [0.3, 0.4) is 0 Å². The molecule has 0 atom stereocenters. The van der Waals surface area contributed by atoms with Crippen molar-refractivity contribution in [3.63, 3.8) is 0 Å². The van der Waals surface area contributed by atoms with Crippen LogP contribution in [0.25, 0.3) is 21.2 Å². The zero-order valence-corrected chi connectivity index (χ0v) is 10.1. The summed E-state index contributed by atoms with van der Waals surface area (Å²) < 4.78 is 1.29. The van der Waals surface area contributed by atoms with E-state index in [2.05, 4.69) is 35.7 Å². The van der Waals surface area contributed by atoms with E-state index in [4.69, 9.17) is 0 Å². The molecule has 0 saturated heterocycles. The number of thiophene rings is 1. The standard InChI is InChI=1S/C15H12OS/c16-9-11-5-1-2-6-12(11)14-10-17-15-8-4-3-7-13(14)15/h1-8,10,16H,9H2. The van der Waals surface area contributed by atoms with Gasteiger partial charge in [0.2, 0.25) is 0 Å². The van der Waals surface area contributed by atoms with Gasteiger partial charge in [0.1, 0.15) is 0 Å². The summed E-state index contributed by atoms with van der Waals surface area (Å²) >= 11 is 1.75. The minimum absolute atomic E-state index is 0.0837. The van der Waals surface area contributed by atoms with Crippen LogP contribution >= 0.6 is 11.3 Å². The molecule has 3 rings (SSSR count). The highest BCUT2D eigenvalue weighted by Crippen LogP contribution is 2.35. The molecule has 3 aromatic rings. The van der Waals surface area contributed by atoms with Crippen molar-refractivity contribution in [1.82, 2.24) is 0 Å². The first-order valence-corrected chi connectivity index (χ1v) is 6.43. The van der Waals surface area contributed by atoms with Gasteiger partial charge in [-0.1, -0.05) is 42.5 Å². The van der Waals surface area contributed by atoms with Crippen molar-refractivity contribution in [2.24, 2.45) is 0 Å². The highest BCUT2D eigenvalue weighted by Gasteiger charge is 2.08. The largest absolute Gasteiger partial charge is 0.392 e. The van der Waals surface area contributed by atoms with Crippen molar-refractivity contribution >= 4 is 21.4 Å². The molecule has 0 aliphatic carbocycles. The van der Waals surface area contributed by atoms with Gasteiger partial charge in [-0.3, -0.25) is 0 Å². The summed E-state index contributed by atoms with van der Waals surface area (Å²) in [6.07, 6.45) is 0. The molecule has 2 aromatic carbocycles. The van der Waals surface area contributed by atoms with Crippen molar-refractivity contribution in [2.75, 3.05) is 0 Å². The van der Waals surface area contributed by atoms with Gasteiger partial charge in [-0.25, -0.2) is 0 Å². The lowest BCUT2D eigenvalue weighted by Crippen LogP contribution is -1.87. The Hall–Kier alpha value is -1.64. The van der Waals surface area contributed by atoms with Gasteiger partial charge >= 0.3 is 0 Å². The molecule has 1 aromatic heterocycles. The summed E-state index contributed by atoms with van der Waals surface area (Å²) in [7, 11) is 0. The molecule has 0 aliphatic rings. The number of aliphatic hydroxyl groups excluding tert-OH is 1. The summed E-state index contributed by atoms with van der Waals surface area (Å²) in [5, 5.41) is 12.8. The Balaban J connectivity index is 2.27. The number of benzene rings is 2. The quantitative estimate of drug-likeness (QED) is 0.716. The maximum atomic E-state index is 9.39. The van der Waals surface area contributed by atoms with E-state index in [9.17, 15) is 5.11 Å². The molecule has 0 unspecified atom stereocenters. The Labute approximate surface area is 104 Å². The number of fused-ring (bicyclic) bond motifs is 1. The van der Waals surface area contributed by atoms with Crippen LogP contribution in [0.1, 0.15) is 5.56 Å². The van der Waals surface area contributed by atoms with Crippen LogP contribution in [-0.2, 0) is 6.61 Å². The molecule has 1 nitrogen and oxygen atoms in total. The summed E-state index contributed by atoms with van der Waals surface area (Å²) in [6, 6.07) is 16.4. The summed E-state index contributed by atoms with van der Waals surface area (Å²) in [5.74, 6) is 0. The zero-order valence-electron chi connectivity index (χ0n) is 9.26. The van der Waals surface area contributed by atoms with Crippen LogP contribution in [0, 0.1) is 0 Å². The lowest BCUT2D eigenvalue weighted by Gasteiger charge is -2.05. The monoisotopic (exact) mass is 240 g/mol. The van der Waals surface area contributed by atoms with Crippen molar-refractivity contribution in [2.45, 2.75) is 6.61 Å². The molecule has 84 valence electrons. The Bertz CT molecular complexity index is 655. The van der Waals surface area contributed by atoms with E-state index in [0.29, 0.717) is 0 Å². The predicted octanol–water partition coefficient (Wildman–Crippen LogP) is 4.06. The molecule has 0 amide bonds. The van der Waals surface area contributed by atoms with Gasteiger partial charge in [0.25, 0.3) is 0 Å². The zero-order chi connectivity index (χ0) is 11.7. The molecule has 17 heavy (non-hydrogen) atoms. The van der Waals surface area contributed by atoms with Crippen molar-refractivity contribution in [3.05, 3.63) is 59.5 Å². The Kier molecular flexibility index (Phi) is 2.67. The Morgan fingerprint density at radius 1 is 0.882 bits per heavy atom. The molecule has 1 heterocycles. The van der Waals surface area contributed by atoms with Gasteiger partial charge in [-0.15, -0.1) is 11.3 Å². The highest BCUT2D eigenvalue weighted by atomic mass is 32.1. The topological polar surface area (TPSA) is 20.2 Å². The summed E-state index contributed by atoms with van der Waals surface area (Å²) in [5.41, 5.74) is 3.33. The predicted molar refractivity (Wildman–Crippen MR) is 73.2 cm³/mol. The minimum Gasteiger partial charge on any atom is -0.392 e. The molecule has 1 N–H and O–H groups in total. The lowest BCUT2D eigenvalue weighted by molar-refractivity contribution is 0.282. The molecule has 0 bridgehead atoms. The number of hydrogen-bond donors (Lipinski definition) is 1. The van der Waals surface area contributed by atoms with Crippen LogP contribution in [0.5, 0.6) is 0 Å². The summed E-state index contributed by atoms with van der Waals surface area (Å²) in [6.45, 7) is 0.0837. The SMILES string of the molecule is OCc1ccccc1-c1csc2ccccc12. The molecule has 2 heteroatoms. The van der Waals surface area contributed by atoms with Gasteiger partial charge in [-0.05, 0) is 22.6 Å². The van der Waals surface area contributed by atoms with E-state index in [1.807, 2.05) is 18.2 Å². The third-order valence-electron chi connectivity index (χ3n) is 2.96. The van der Waals surface area contributed by atoms with Crippen LogP contribution in [-0.4, -0.2) is 5.11 Å². The Morgan fingerprint density at radius 2 is 1.65 bits per heavy atom. The number of rotatable bonds is 2. The van der Waals surface area contributed by atoms with E-state index in [0.717, 1.165) is 11.1 Å². The lowest BCUT2D eigenvalue weighted by atomic mass is 10.00. The van der Waals surface area contributed by atoms with Crippen LogP contribution in [0.15, 0.2) is 53.9 Å². The number of hydrogen-bond acceptors (Lipinski definition) is 2. The average Bonchev–Trinajstić information content (AvgIpc) is 2.82. The second kappa shape index (κ2) is 4.32. The van der Waals surface area contributed by atoms with Crippen molar-refractivity contribution < 1.29 is 5.11 Å². The number of aliphatic hydroxyl groups is 1. The first kappa shape index (κ1) is 10.5. The van der Waals surface area contributed by atoms with Crippen LogP contribution in [0.4, 0.5) is 0 Å². The molecule has 0 saturated carbocycles. The van der Waals surface area contributed by atoms with E-state index in [1.165, 1.54) is 15.6 Å². The fourth-order valence-corrected chi connectivity index (χ4v) is 3.07. The van der Waals surface area contributed by atoms with Gasteiger partial charge < -0.3 is 5.11 Å². The average molecular weight is 240 g/mol. The van der Waals surface area contributed by atoms with E-state index in [1.54, 1.807) is 11.3 Å². The molecule has 0 fully saturated rings. The Morgan fingerprint density at radius 3 is 2.53 bits per heavy atom. The molecular weight excluding hydrogens is 228 g/mol. The minimum atomic E-state index is 0.0837. The second-order valence-electron chi connectivity index (χ2n) is 3.96. The fourth-order valence-electron chi connectivity index (χ4n) is 2.11. The molecule has 0 radical (unpaired) electrons. The highest BCUT2D eigenvalue weighted by molar-refractivity contribution is 7.17. The maximum absolute atomic E-state index is 9.39. The third kappa shape index (κ3) is 1.75. The normalized spacial score (nSPS) is 10.9. The van der Waals surface area contributed by atoms with Gasteiger partial charge in [0.05, 0.1) is 6.61 Å². The second-order valence-corrected chi connectivity index (χ2v) is 4.87. The fraction of sp³-hybridized carbons (Fsp3) is 0.0667. The van der Waals surface area contributed by atoms with Gasteiger partial charge in [0, 0.05) is 15.6 Å².